The van der Waals surface area contributed by atoms with Gasteiger partial charge in [0.2, 0.25) is 0 Å². The molecular formula is C21H25N5. The number of benzene rings is 2. The lowest BCUT2D eigenvalue weighted by atomic mass is 10.1. The van der Waals surface area contributed by atoms with Gasteiger partial charge in [-0.25, -0.2) is 9.97 Å². The van der Waals surface area contributed by atoms with Crippen LogP contribution in [0, 0.1) is 20.8 Å². The first kappa shape index (κ1) is 17.7. The van der Waals surface area contributed by atoms with Crippen LogP contribution >= 0.6 is 0 Å². The second kappa shape index (κ2) is 7.44. The molecule has 1 aromatic heterocycles. The Hall–Kier alpha value is -3.08. The molecule has 0 bridgehead atoms. The van der Waals surface area contributed by atoms with Crippen molar-refractivity contribution in [2.75, 3.05) is 29.6 Å². The van der Waals surface area contributed by atoms with Gasteiger partial charge in [-0.3, -0.25) is 0 Å². The second-order valence-electron chi connectivity index (χ2n) is 6.62. The fourth-order valence-corrected chi connectivity index (χ4v) is 2.71. The van der Waals surface area contributed by atoms with Crippen LogP contribution < -0.4 is 15.5 Å². The van der Waals surface area contributed by atoms with Crippen molar-refractivity contribution >= 4 is 28.7 Å². The SMILES string of the molecule is Cc1nc(Nc2ccc(N(C)C)cc2)cc(Nc2cccc(C)c2C)n1. The second-order valence-corrected chi connectivity index (χ2v) is 6.62. The largest absolute Gasteiger partial charge is 0.378 e. The maximum absolute atomic E-state index is 4.51. The van der Waals surface area contributed by atoms with Gasteiger partial charge >= 0.3 is 0 Å². The molecule has 0 aliphatic rings. The Kier molecular flexibility index (Phi) is 5.07. The maximum Gasteiger partial charge on any atom is 0.136 e. The standard InChI is InChI=1S/C21H25N5/c1-14-7-6-8-19(15(14)2)25-21-13-20(22-16(3)23-21)24-17-9-11-18(12-10-17)26(4)5/h6-13H,1-5H3,(H2,22,23,24,25). The van der Waals surface area contributed by atoms with Gasteiger partial charge in [0.25, 0.3) is 0 Å². The minimum atomic E-state index is 0.715. The minimum absolute atomic E-state index is 0.715. The number of rotatable bonds is 5. The fourth-order valence-electron chi connectivity index (χ4n) is 2.71. The molecule has 0 unspecified atom stereocenters. The third kappa shape index (κ3) is 4.11. The molecule has 0 saturated heterocycles. The molecular weight excluding hydrogens is 322 g/mol. The molecule has 0 aliphatic heterocycles. The third-order valence-corrected chi connectivity index (χ3v) is 4.36. The van der Waals surface area contributed by atoms with Crippen molar-refractivity contribution in [3.8, 4) is 0 Å². The molecule has 2 aromatic carbocycles. The van der Waals surface area contributed by atoms with Crippen LogP contribution in [0.1, 0.15) is 17.0 Å². The van der Waals surface area contributed by atoms with Gasteiger partial charge < -0.3 is 15.5 Å². The summed E-state index contributed by atoms with van der Waals surface area (Å²) < 4.78 is 0. The summed E-state index contributed by atoms with van der Waals surface area (Å²) in [6.45, 7) is 6.11. The van der Waals surface area contributed by atoms with E-state index in [1.165, 1.54) is 11.1 Å². The van der Waals surface area contributed by atoms with E-state index in [9.17, 15) is 0 Å². The molecule has 5 heteroatoms. The summed E-state index contributed by atoms with van der Waals surface area (Å²) in [7, 11) is 4.06. The van der Waals surface area contributed by atoms with Crippen LogP contribution in [-0.4, -0.2) is 24.1 Å². The molecule has 0 amide bonds. The topological polar surface area (TPSA) is 53.1 Å². The third-order valence-electron chi connectivity index (χ3n) is 4.36. The Labute approximate surface area is 155 Å². The van der Waals surface area contributed by atoms with Crippen LogP contribution in [0.4, 0.5) is 28.7 Å². The van der Waals surface area contributed by atoms with E-state index in [1.807, 2.05) is 45.3 Å². The number of hydrogen-bond acceptors (Lipinski definition) is 5. The lowest BCUT2D eigenvalue weighted by Crippen LogP contribution is -2.08. The van der Waals surface area contributed by atoms with Crippen LogP contribution in [0.3, 0.4) is 0 Å². The van der Waals surface area contributed by atoms with Crippen molar-refractivity contribution in [2.45, 2.75) is 20.8 Å². The molecule has 0 atom stereocenters. The van der Waals surface area contributed by atoms with E-state index in [0.29, 0.717) is 5.82 Å². The predicted octanol–water partition coefficient (Wildman–Crippen LogP) is 4.96. The minimum Gasteiger partial charge on any atom is -0.378 e. The molecule has 26 heavy (non-hydrogen) atoms. The van der Waals surface area contributed by atoms with Crippen molar-refractivity contribution in [1.29, 1.82) is 0 Å². The molecule has 0 radical (unpaired) electrons. The number of nitrogens with zero attached hydrogens (tertiary/aromatic N) is 3. The van der Waals surface area contributed by atoms with E-state index < -0.39 is 0 Å². The van der Waals surface area contributed by atoms with E-state index in [0.717, 1.165) is 28.7 Å². The number of aryl methyl sites for hydroxylation is 2. The number of hydrogen-bond donors (Lipinski definition) is 2. The number of aromatic nitrogens is 2. The highest BCUT2D eigenvalue weighted by molar-refractivity contribution is 5.66. The number of nitrogens with one attached hydrogen (secondary N) is 2. The zero-order valence-electron chi connectivity index (χ0n) is 16.0. The average molecular weight is 347 g/mol. The summed E-state index contributed by atoms with van der Waals surface area (Å²) in [6.07, 6.45) is 0. The highest BCUT2D eigenvalue weighted by Gasteiger charge is 2.06. The van der Waals surface area contributed by atoms with Gasteiger partial charge in [0.15, 0.2) is 0 Å². The molecule has 3 rings (SSSR count). The van der Waals surface area contributed by atoms with Crippen molar-refractivity contribution in [2.24, 2.45) is 0 Å². The molecule has 0 fully saturated rings. The van der Waals surface area contributed by atoms with E-state index in [2.05, 4.69) is 63.6 Å². The summed E-state index contributed by atoms with van der Waals surface area (Å²) >= 11 is 0. The Morgan fingerprint density at radius 3 is 2.12 bits per heavy atom. The zero-order valence-corrected chi connectivity index (χ0v) is 16.0. The fraction of sp³-hybridized carbons (Fsp3) is 0.238. The van der Waals surface area contributed by atoms with Gasteiger partial charge in [-0.15, -0.1) is 0 Å². The van der Waals surface area contributed by atoms with Crippen molar-refractivity contribution in [3.05, 3.63) is 65.5 Å². The van der Waals surface area contributed by atoms with Gasteiger partial charge in [0, 0.05) is 37.2 Å². The normalized spacial score (nSPS) is 10.5. The molecule has 5 nitrogen and oxygen atoms in total. The van der Waals surface area contributed by atoms with Crippen molar-refractivity contribution in [3.63, 3.8) is 0 Å². The number of anilines is 5. The van der Waals surface area contributed by atoms with Crippen molar-refractivity contribution < 1.29 is 0 Å². The summed E-state index contributed by atoms with van der Waals surface area (Å²) in [5.74, 6) is 2.26. The van der Waals surface area contributed by atoms with Crippen LogP contribution in [-0.2, 0) is 0 Å². The molecule has 0 spiro atoms. The highest BCUT2D eigenvalue weighted by Crippen LogP contribution is 2.24. The highest BCUT2D eigenvalue weighted by atomic mass is 15.1. The van der Waals surface area contributed by atoms with E-state index >= 15 is 0 Å². The van der Waals surface area contributed by atoms with Gasteiger partial charge in [0.1, 0.15) is 17.5 Å². The van der Waals surface area contributed by atoms with Crippen LogP contribution in [0.15, 0.2) is 48.5 Å². The van der Waals surface area contributed by atoms with E-state index in [-0.39, 0.29) is 0 Å². The molecule has 134 valence electrons. The van der Waals surface area contributed by atoms with E-state index in [1.54, 1.807) is 0 Å². The predicted molar refractivity (Wildman–Crippen MR) is 110 cm³/mol. The molecule has 1 heterocycles. The summed E-state index contributed by atoms with van der Waals surface area (Å²) in [5.41, 5.74) is 5.68. The lowest BCUT2D eigenvalue weighted by Gasteiger charge is -2.14. The van der Waals surface area contributed by atoms with Gasteiger partial charge in [-0.05, 0) is 62.2 Å². The van der Waals surface area contributed by atoms with Crippen LogP contribution in [0.2, 0.25) is 0 Å². The molecule has 2 N–H and O–H groups in total. The van der Waals surface area contributed by atoms with Crippen molar-refractivity contribution in [1.82, 2.24) is 9.97 Å². The maximum atomic E-state index is 4.51. The zero-order chi connectivity index (χ0) is 18.7. The smallest absolute Gasteiger partial charge is 0.136 e. The first-order valence-electron chi connectivity index (χ1n) is 8.66. The first-order chi connectivity index (χ1) is 12.4. The Morgan fingerprint density at radius 2 is 1.46 bits per heavy atom. The van der Waals surface area contributed by atoms with Crippen LogP contribution in [0.25, 0.3) is 0 Å². The molecule has 3 aromatic rings. The average Bonchev–Trinajstić information content (AvgIpc) is 2.59. The summed E-state index contributed by atoms with van der Waals surface area (Å²) in [6, 6.07) is 16.4. The lowest BCUT2D eigenvalue weighted by molar-refractivity contribution is 1.06. The quantitative estimate of drug-likeness (QED) is 0.683. The summed E-state index contributed by atoms with van der Waals surface area (Å²) in [4.78, 5) is 11.1. The van der Waals surface area contributed by atoms with Gasteiger partial charge in [0.05, 0.1) is 0 Å². The Morgan fingerprint density at radius 1 is 0.808 bits per heavy atom. The monoisotopic (exact) mass is 347 g/mol. The first-order valence-corrected chi connectivity index (χ1v) is 8.66. The Bertz CT molecular complexity index is 901. The van der Waals surface area contributed by atoms with Crippen LogP contribution in [0.5, 0.6) is 0 Å². The summed E-state index contributed by atoms with van der Waals surface area (Å²) in [5, 5.41) is 6.76. The Balaban J connectivity index is 1.82. The molecule has 0 aliphatic carbocycles. The van der Waals surface area contributed by atoms with Gasteiger partial charge in [-0.2, -0.15) is 0 Å². The molecule has 0 saturated carbocycles. The van der Waals surface area contributed by atoms with Gasteiger partial charge in [-0.1, -0.05) is 12.1 Å². The van der Waals surface area contributed by atoms with E-state index in [4.69, 9.17) is 0 Å².